The minimum Gasteiger partial charge on any atom is -0.339 e. The predicted octanol–water partition coefficient (Wildman–Crippen LogP) is 3.44. The molecule has 1 heterocycles. The smallest absolute Gasteiger partial charge is 0.256 e. The van der Waals surface area contributed by atoms with Crippen molar-refractivity contribution in [3.63, 3.8) is 0 Å². The molecule has 1 aliphatic rings. The van der Waals surface area contributed by atoms with Gasteiger partial charge in [0.2, 0.25) is 11.8 Å². The van der Waals surface area contributed by atoms with Gasteiger partial charge in [0.05, 0.1) is 5.56 Å². The number of anilines is 2. The van der Waals surface area contributed by atoms with E-state index in [-0.39, 0.29) is 23.3 Å². The van der Waals surface area contributed by atoms with Crippen LogP contribution in [0.5, 0.6) is 0 Å². The van der Waals surface area contributed by atoms with Gasteiger partial charge < -0.3 is 15.1 Å². The van der Waals surface area contributed by atoms with Crippen LogP contribution >= 0.6 is 0 Å². The van der Waals surface area contributed by atoms with E-state index in [1.165, 1.54) is 16.7 Å². The van der Waals surface area contributed by atoms with Crippen LogP contribution in [0.2, 0.25) is 0 Å². The van der Waals surface area contributed by atoms with E-state index in [4.69, 9.17) is 0 Å². The first kappa shape index (κ1) is 21.4. The molecule has 0 saturated carbocycles. The lowest BCUT2D eigenvalue weighted by molar-refractivity contribution is -0.121. The van der Waals surface area contributed by atoms with Gasteiger partial charge in [0.1, 0.15) is 11.6 Å². The van der Waals surface area contributed by atoms with Crippen molar-refractivity contribution in [2.45, 2.75) is 19.8 Å². The number of likely N-dealkylation sites (tertiary alicyclic amines) is 1. The number of carbonyl (C=O) groups excluding carboxylic acids is 3. The SMILES string of the molecule is CC(=O)N(C)c1ccc(NC(=O)C2CCN(C(=O)c3ccc(F)cc3F)CC2)cc1. The molecule has 0 aromatic heterocycles. The Balaban J connectivity index is 1.55. The van der Waals surface area contributed by atoms with Crippen molar-refractivity contribution in [2.24, 2.45) is 5.92 Å². The number of benzene rings is 2. The highest BCUT2D eigenvalue weighted by molar-refractivity contribution is 5.96. The van der Waals surface area contributed by atoms with E-state index < -0.39 is 17.5 Å². The van der Waals surface area contributed by atoms with E-state index in [1.807, 2.05) is 0 Å². The second kappa shape index (κ2) is 9.02. The summed E-state index contributed by atoms with van der Waals surface area (Å²) in [5.74, 6) is -2.64. The fourth-order valence-electron chi connectivity index (χ4n) is 3.37. The standard InChI is InChI=1S/C22H23F2N3O3/c1-14(28)26(2)18-6-4-17(5-7-18)25-21(29)15-9-11-27(12-10-15)22(30)19-8-3-16(23)13-20(19)24/h3-8,13,15H,9-12H2,1-2H3,(H,25,29). The molecule has 0 radical (unpaired) electrons. The van der Waals surface area contributed by atoms with Gasteiger partial charge in [0.25, 0.3) is 5.91 Å². The molecule has 1 N–H and O–H groups in total. The van der Waals surface area contributed by atoms with Crippen molar-refractivity contribution in [2.75, 3.05) is 30.4 Å². The fourth-order valence-corrected chi connectivity index (χ4v) is 3.37. The summed E-state index contributed by atoms with van der Waals surface area (Å²) in [6.45, 7) is 2.10. The molecular formula is C22H23F2N3O3. The molecule has 1 saturated heterocycles. The zero-order valence-corrected chi connectivity index (χ0v) is 16.8. The lowest BCUT2D eigenvalue weighted by atomic mass is 9.95. The van der Waals surface area contributed by atoms with Gasteiger partial charge in [-0.1, -0.05) is 0 Å². The predicted molar refractivity (Wildman–Crippen MR) is 109 cm³/mol. The summed E-state index contributed by atoms with van der Waals surface area (Å²) in [6, 6.07) is 9.82. The van der Waals surface area contributed by atoms with Crippen LogP contribution in [0, 0.1) is 17.6 Å². The molecule has 0 unspecified atom stereocenters. The van der Waals surface area contributed by atoms with E-state index in [2.05, 4.69) is 5.32 Å². The number of nitrogens with zero attached hydrogens (tertiary/aromatic N) is 2. The molecule has 3 rings (SSSR count). The molecule has 30 heavy (non-hydrogen) atoms. The molecule has 0 atom stereocenters. The summed E-state index contributed by atoms with van der Waals surface area (Å²) < 4.78 is 26.9. The molecule has 6 nitrogen and oxygen atoms in total. The van der Waals surface area contributed by atoms with Crippen molar-refractivity contribution in [1.82, 2.24) is 4.90 Å². The van der Waals surface area contributed by atoms with E-state index in [0.29, 0.717) is 37.7 Å². The van der Waals surface area contributed by atoms with Gasteiger partial charge in [-0.15, -0.1) is 0 Å². The maximum absolute atomic E-state index is 13.9. The molecule has 3 amide bonds. The van der Waals surface area contributed by atoms with Gasteiger partial charge in [-0.2, -0.15) is 0 Å². The molecule has 2 aromatic carbocycles. The van der Waals surface area contributed by atoms with Crippen molar-refractivity contribution < 1.29 is 23.2 Å². The largest absolute Gasteiger partial charge is 0.339 e. The lowest BCUT2D eigenvalue weighted by Gasteiger charge is -2.31. The second-order valence-electron chi connectivity index (χ2n) is 7.30. The zero-order valence-electron chi connectivity index (χ0n) is 16.8. The summed E-state index contributed by atoms with van der Waals surface area (Å²) in [6.07, 6.45) is 0.900. The van der Waals surface area contributed by atoms with Crippen molar-refractivity contribution >= 4 is 29.1 Å². The number of carbonyl (C=O) groups is 3. The summed E-state index contributed by atoms with van der Waals surface area (Å²) in [5.41, 5.74) is 1.17. The fraction of sp³-hybridized carbons (Fsp3) is 0.318. The van der Waals surface area contributed by atoms with Gasteiger partial charge in [-0.05, 0) is 49.2 Å². The third-order valence-electron chi connectivity index (χ3n) is 5.31. The topological polar surface area (TPSA) is 69.7 Å². The van der Waals surface area contributed by atoms with Gasteiger partial charge in [0.15, 0.2) is 0 Å². The van der Waals surface area contributed by atoms with Crippen molar-refractivity contribution in [1.29, 1.82) is 0 Å². The quantitative estimate of drug-likeness (QED) is 0.832. The number of rotatable bonds is 4. The third-order valence-corrected chi connectivity index (χ3v) is 5.31. The maximum atomic E-state index is 13.9. The first-order valence-electron chi connectivity index (χ1n) is 9.66. The van der Waals surface area contributed by atoms with Crippen molar-refractivity contribution in [3.05, 3.63) is 59.7 Å². The van der Waals surface area contributed by atoms with Gasteiger partial charge >= 0.3 is 0 Å². The van der Waals surface area contributed by atoms with E-state index >= 15 is 0 Å². The minimum absolute atomic E-state index is 0.0892. The number of hydrogen-bond acceptors (Lipinski definition) is 3. The minimum atomic E-state index is -0.890. The van der Waals surface area contributed by atoms with Crippen LogP contribution in [0.4, 0.5) is 20.2 Å². The average Bonchev–Trinajstić information content (AvgIpc) is 2.73. The molecular weight excluding hydrogens is 392 g/mol. The van der Waals surface area contributed by atoms with Crippen LogP contribution in [-0.2, 0) is 9.59 Å². The molecule has 1 fully saturated rings. The van der Waals surface area contributed by atoms with Crippen LogP contribution < -0.4 is 10.2 Å². The van der Waals surface area contributed by atoms with E-state index in [9.17, 15) is 23.2 Å². The van der Waals surface area contributed by atoms with E-state index in [0.717, 1.165) is 17.8 Å². The third kappa shape index (κ3) is 4.82. The first-order valence-corrected chi connectivity index (χ1v) is 9.66. The first-order chi connectivity index (χ1) is 14.3. The number of hydrogen-bond donors (Lipinski definition) is 1. The van der Waals surface area contributed by atoms with E-state index in [1.54, 1.807) is 31.3 Å². The Morgan fingerprint density at radius 1 is 1.03 bits per heavy atom. The molecule has 0 aliphatic carbocycles. The Labute approximate surface area is 173 Å². The molecule has 0 spiro atoms. The summed E-state index contributed by atoms with van der Waals surface area (Å²) >= 11 is 0. The highest BCUT2D eigenvalue weighted by atomic mass is 19.1. The van der Waals surface area contributed by atoms with Gasteiger partial charge in [0, 0.05) is 50.4 Å². The van der Waals surface area contributed by atoms with Crippen LogP contribution in [0.15, 0.2) is 42.5 Å². The summed E-state index contributed by atoms with van der Waals surface area (Å²) in [7, 11) is 1.67. The molecule has 8 heteroatoms. The Bertz CT molecular complexity index is 955. The number of piperidine rings is 1. The monoisotopic (exact) mass is 415 g/mol. The van der Waals surface area contributed by atoms with Gasteiger partial charge in [-0.25, -0.2) is 8.78 Å². The summed E-state index contributed by atoms with van der Waals surface area (Å²) in [5, 5.41) is 2.85. The maximum Gasteiger partial charge on any atom is 0.256 e. The Morgan fingerprint density at radius 2 is 1.67 bits per heavy atom. The second-order valence-corrected chi connectivity index (χ2v) is 7.30. The van der Waals surface area contributed by atoms with Crippen LogP contribution in [0.25, 0.3) is 0 Å². The van der Waals surface area contributed by atoms with Gasteiger partial charge in [-0.3, -0.25) is 14.4 Å². The molecule has 158 valence electrons. The zero-order chi connectivity index (χ0) is 21.8. The Hall–Kier alpha value is -3.29. The normalized spacial score (nSPS) is 14.3. The van der Waals surface area contributed by atoms with Crippen LogP contribution in [0.3, 0.4) is 0 Å². The highest BCUT2D eigenvalue weighted by Gasteiger charge is 2.29. The summed E-state index contributed by atoms with van der Waals surface area (Å²) in [4.78, 5) is 39.4. The highest BCUT2D eigenvalue weighted by Crippen LogP contribution is 2.23. The number of amides is 3. The molecule has 0 bridgehead atoms. The Kier molecular flexibility index (Phi) is 6.44. The number of nitrogens with one attached hydrogen (secondary N) is 1. The molecule has 1 aliphatic heterocycles. The lowest BCUT2D eigenvalue weighted by Crippen LogP contribution is -2.41. The van der Waals surface area contributed by atoms with Crippen LogP contribution in [0.1, 0.15) is 30.1 Å². The number of halogens is 2. The average molecular weight is 415 g/mol. The van der Waals surface area contributed by atoms with Crippen molar-refractivity contribution in [3.8, 4) is 0 Å². The van der Waals surface area contributed by atoms with Crippen LogP contribution in [-0.4, -0.2) is 42.8 Å². The Morgan fingerprint density at radius 3 is 2.23 bits per heavy atom. The molecule has 2 aromatic rings.